The first-order valence-corrected chi connectivity index (χ1v) is 11.9. The van der Waals surface area contributed by atoms with E-state index < -0.39 is 53.1 Å². The van der Waals surface area contributed by atoms with Crippen molar-refractivity contribution in [2.24, 2.45) is 5.92 Å². The van der Waals surface area contributed by atoms with Gasteiger partial charge in [-0.3, -0.25) is 4.79 Å². The summed E-state index contributed by atoms with van der Waals surface area (Å²) in [4.78, 5) is 13.6. The standard InChI is InChI=1S/C26H28BF4NO3/c1-23(2)24(3,4)35-27(34-23)17-7-5-15(6-8-17)26(16-11-13-25(30,31)14-12-16)18-9-10-19(28)20(29)21(18)32-22(26)33/h5-10,16H,11-14H2,1-4H3,(H,32,33). The number of benzene rings is 2. The van der Waals surface area contributed by atoms with Crippen LogP contribution in [0, 0.1) is 17.6 Å². The van der Waals surface area contributed by atoms with Crippen LogP contribution in [0.1, 0.15) is 64.5 Å². The monoisotopic (exact) mass is 489 g/mol. The second-order valence-electron chi connectivity index (χ2n) is 10.9. The van der Waals surface area contributed by atoms with Gasteiger partial charge in [0.15, 0.2) is 11.6 Å². The van der Waals surface area contributed by atoms with Gasteiger partial charge in [0, 0.05) is 12.8 Å². The van der Waals surface area contributed by atoms with Crippen LogP contribution in [0.15, 0.2) is 36.4 Å². The summed E-state index contributed by atoms with van der Waals surface area (Å²) in [6, 6.07) is 9.41. The highest BCUT2D eigenvalue weighted by molar-refractivity contribution is 6.62. The molecule has 3 aliphatic rings. The van der Waals surface area contributed by atoms with Crippen molar-refractivity contribution in [3.63, 3.8) is 0 Å². The number of halogens is 4. The number of fused-ring (bicyclic) bond motifs is 1. The zero-order valence-corrected chi connectivity index (χ0v) is 20.2. The molecule has 0 radical (unpaired) electrons. The van der Waals surface area contributed by atoms with Gasteiger partial charge in [0.25, 0.3) is 0 Å². The predicted molar refractivity (Wildman–Crippen MR) is 125 cm³/mol. The Bertz CT molecular complexity index is 1160. The molecular formula is C26H28BF4NO3. The molecule has 2 aliphatic heterocycles. The average Bonchev–Trinajstić information content (AvgIpc) is 3.20. The van der Waals surface area contributed by atoms with Gasteiger partial charge in [0.05, 0.1) is 16.9 Å². The molecule has 35 heavy (non-hydrogen) atoms. The molecule has 2 fully saturated rings. The molecule has 1 atom stereocenters. The Morgan fingerprint density at radius 2 is 1.49 bits per heavy atom. The molecule has 0 aromatic heterocycles. The maximum absolute atomic E-state index is 14.7. The molecule has 2 heterocycles. The van der Waals surface area contributed by atoms with E-state index in [1.54, 1.807) is 24.3 Å². The molecule has 1 N–H and O–H groups in total. The number of alkyl halides is 2. The molecule has 2 aromatic rings. The van der Waals surface area contributed by atoms with Crippen LogP contribution in [0.2, 0.25) is 0 Å². The molecule has 1 unspecified atom stereocenters. The molecule has 1 aliphatic carbocycles. The van der Waals surface area contributed by atoms with E-state index in [1.165, 1.54) is 6.07 Å². The molecule has 9 heteroatoms. The van der Waals surface area contributed by atoms with E-state index in [0.29, 0.717) is 5.56 Å². The number of carbonyl (C=O) groups excluding carboxylic acids is 1. The normalized spacial score (nSPS) is 27.1. The minimum absolute atomic E-state index is 0.0812. The van der Waals surface area contributed by atoms with Gasteiger partial charge in [0.2, 0.25) is 11.8 Å². The van der Waals surface area contributed by atoms with Crippen LogP contribution in [0.5, 0.6) is 0 Å². The van der Waals surface area contributed by atoms with Gasteiger partial charge >= 0.3 is 7.12 Å². The maximum Gasteiger partial charge on any atom is 0.494 e. The van der Waals surface area contributed by atoms with Crippen LogP contribution in [0.3, 0.4) is 0 Å². The lowest BCUT2D eigenvalue weighted by atomic mass is 9.61. The fraction of sp³-hybridized carbons (Fsp3) is 0.500. The number of rotatable bonds is 3. The van der Waals surface area contributed by atoms with E-state index in [4.69, 9.17) is 9.31 Å². The van der Waals surface area contributed by atoms with Crippen LogP contribution in [-0.4, -0.2) is 30.2 Å². The van der Waals surface area contributed by atoms with Gasteiger partial charge in [-0.25, -0.2) is 17.6 Å². The zero-order chi connectivity index (χ0) is 25.4. The molecule has 4 nitrogen and oxygen atoms in total. The highest BCUT2D eigenvalue weighted by Gasteiger charge is 2.57. The second kappa shape index (κ2) is 7.81. The van der Waals surface area contributed by atoms with Crippen LogP contribution in [0.25, 0.3) is 0 Å². The number of carbonyl (C=O) groups is 1. The van der Waals surface area contributed by atoms with E-state index >= 15 is 0 Å². The quantitative estimate of drug-likeness (QED) is 0.469. The third kappa shape index (κ3) is 3.61. The zero-order valence-electron chi connectivity index (χ0n) is 20.2. The minimum Gasteiger partial charge on any atom is -0.399 e. The van der Waals surface area contributed by atoms with Gasteiger partial charge < -0.3 is 14.6 Å². The molecule has 186 valence electrons. The van der Waals surface area contributed by atoms with E-state index in [1.807, 2.05) is 27.7 Å². The van der Waals surface area contributed by atoms with E-state index in [2.05, 4.69) is 5.32 Å². The molecule has 0 spiro atoms. The highest BCUT2D eigenvalue weighted by atomic mass is 19.3. The van der Waals surface area contributed by atoms with Crippen LogP contribution >= 0.6 is 0 Å². The van der Waals surface area contributed by atoms with Crippen LogP contribution in [-0.2, 0) is 19.5 Å². The Balaban J connectivity index is 1.59. The Morgan fingerprint density at radius 1 is 0.914 bits per heavy atom. The van der Waals surface area contributed by atoms with Crippen LogP contribution < -0.4 is 10.8 Å². The Kier molecular flexibility index (Phi) is 5.42. The van der Waals surface area contributed by atoms with Crippen molar-refractivity contribution in [2.45, 2.75) is 75.9 Å². The minimum atomic E-state index is -2.80. The predicted octanol–water partition coefficient (Wildman–Crippen LogP) is 5.33. The van der Waals surface area contributed by atoms with E-state index in [9.17, 15) is 22.4 Å². The van der Waals surface area contributed by atoms with Crippen molar-refractivity contribution in [3.8, 4) is 0 Å². The third-order valence-corrected chi connectivity index (χ3v) is 8.34. The van der Waals surface area contributed by atoms with Crippen molar-refractivity contribution < 1.29 is 31.7 Å². The fourth-order valence-electron chi connectivity index (χ4n) is 5.62. The van der Waals surface area contributed by atoms with Crippen LogP contribution in [0.4, 0.5) is 23.2 Å². The number of anilines is 1. The summed E-state index contributed by atoms with van der Waals surface area (Å²) >= 11 is 0. The number of hydrogen-bond donors (Lipinski definition) is 1. The summed E-state index contributed by atoms with van der Waals surface area (Å²) in [5, 5.41) is 2.51. The molecule has 1 saturated carbocycles. The van der Waals surface area contributed by atoms with Crippen molar-refractivity contribution in [1.29, 1.82) is 0 Å². The summed E-state index contributed by atoms with van der Waals surface area (Å²) in [6.07, 6.45) is -0.564. The lowest BCUT2D eigenvalue weighted by molar-refractivity contribution is -0.123. The van der Waals surface area contributed by atoms with Gasteiger partial charge in [-0.15, -0.1) is 0 Å². The van der Waals surface area contributed by atoms with Gasteiger partial charge in [-0.1, -0.05) is 30.3 Å². The average molecular weight is 489 g/mol. The number of nitrogens with one attached hydrogen (secondary N) is 1. The largest absolute Gasteiger partial charge is 0.494 e. The summed E-state index contributed by atoms with van der Waals surface area (Å²) in [5.74, 6) is -6.06. The first-order chi connectivity index (χ1) is 16.3. The Hall–Kier alpha value is -2.39. The van der Waals surface area contributed by atoms with Gasteiger partial charge in [-0.05, 0) is 69.1 Å². The molecule has 0 bridgehead atoms. The van der Waals surface area contributed by atoms with Crippen molar-refractivity contribution >= 4 is 24.2 Å². The summed E-state index contributed by atoms with van der Waals surface area (Å²) in [6.45, 7) is 7.79. The van der Waals surface area contributed by atoms with Crippen molar-refractivity contribution in [2.75, 3.05) is 5.32 Å². The smallest absolute Gasteiger partial charge is 0.399 e. The number of amides is 1. The number of hydrogen-bond acceptors (Lipinski definition) is 3. The fourth-order valence-corrected chi connectivity index (χ4v) is 5.62. The lowest BCUT2D eigenvalue weighted by Crippen LogP contribution is -2.46. The van der Waals surface area contributed by atoms with E-state index in [-0.39, 0.29) is 36.9 Å². The molecular weight excluding hydrogens is 461 g/mol. The summed E-state index contributed by atoms with van der Waals surface area (Å²) < 4.78 is 68.9. The molecule has 5 rings (SSSR count). The van der Waals surface area contributed by atoms with E-state index in [0.717, 1.165) is 11.5 Å². The summed E-state index contributed by atoms with van der Waals surface area (Å²) in [7, 11) is -0.616. The Morgan fingerprint density at radius 3 is 2.06 bits per heavy atom. The SMILES string of the molecule is CC1(C)OB(c2ccc(C3(C4CCC(F)(F)CC4)C(=O)Nc4c3ccc(F)c4F)cc2)OC1(C)C. The topological polar surface area (TPSA) is 47.6 Å². The Labute approximate surface area is 202 Å². The lowest BCUT2D eigenvalue weighted by Gasteiger charge is -2.40. The van der Waals surface area contributed by atoms with Gasteiger partial charge in [-0.2, -0.15) is 0 Å². The maximum atomic E-state index is 14.7. The summed E-state index contributed by atoms with van der Waals surface area (Å²) in [5.41, 5.74) is -1.14. The third-order valence-electron chi connectivity index (χ3n) is 8.34. The molecule has 2 aromatic carbocycles. The molecule has 1 amide bonds. The van der Waals surface area contributed by atoms with Crippen molar-refractivity contribution in [1.82, 2.24) is 0 Å². The second-order valence-corrected chi connectivity index (χ2v) is 10.9. The highest BCUT2D eigenvalue weighted by Crippen LogP contribution is 2.54. The first-order valence-electron chi connectivity index (χ1n) is 11.9. The molecule has 1 saturated heterocycles. The van der Waals surface area contributed by atoms with Crippen molar-refractivity contribution in [3.05, 3.63) is 59.2 Å². The van der Waals surface area contributed by atoms with Gasteiger partial charge in [0.1, 0.15) is 5.41 Å². The first kappa shape index (κ1) is 24.3.